The second-order valence-corrected chi connectivity index (χ2v) is 6.12. The van der Waals surface area contributed by atoms with E-state index in [-0.39, 0.29) is 5.82 Å². The highest BCUT2D eigenvalue weighted by molar-refractivity contribution is 9.10. The highest BCUT2D eigenvalue weighted by Crippen LogP contribution is 2.27. The van der Waals surface area contributed by atoms with Gasteiger partial charge in [-0.3, -0.25) is 4.90 Å². The Balaban J connectivity index is 1.98. The Morgan fingerprint density at radius 2 is 2.24 bits per heavy atom. The van der Waals surface area contributed by atoms with Crippen molar-refractivity contribution in [1.82, 2.24) is 4.90 Å². The lowest BCUT2D eigenvalue weighted by molar-refractivity contribution is 0.296. The monoisotopic (exact) mass is 299 g/mol. The van der Waals surface area contributed by atoms with E-state index >= 15 is 0 Å². The summed E-state index contributed by atoms with van der Waals surface area (Å²) < 4.78 is 13.9. The molecule has 1 aromatic rings. The predicted molar refractivity (Wildman–Crippen MR) is 72.3 cm³/mol. The van der Waals surface area contributed by atoms with Crippen LogP contribution < -0.4 is 0 Å². The Hall–Kier alpha value is -0.410. The first kappa shape index (κ1) is 13.0. The van der Waals surface area contributed by atoms with Crippen molar-refractivity contribution in [2.75, 3.05) is 13.1 Å². The van der Waals surface area contributed by atoms with Gasteiger partial charge in [0.15, 0.2) is 0 Å². The van der Waals surface area contributed by atoms with Gasteiger partial charge in [0, 0.05) is 17.6 Å². The molecule has 1 atom stereocenters. The summed E-state index contributed by atoms with van der Waals surface area (Å²) in [6, 6.07) is 4.96. The van der Waals surface area contributed by atoms with E-state index in [0.29, 0.717) is 0 Å². The van der Waals surface area contributed by atoms with E-state index in [2.05, 4.69) is 34.7 Å². The quantitative estimate of drug-likeness (QED) is 0.813. The molecule has 0 N–H and O–H groups in total. The van der Waals surface area contributed by atoms with Crippen LogP contribution in [0.2, 0.25) is 0 Å². The molecule has 1 aliphatic rings. The van der Waals surface area contributed by atoms with Crippen molar-refractivity contribution < 1.29 is 4.39 Å². The molecule has 0 saturated carbocycles. The molecule has 1 nitrogen and oxygen atoms in total. The zero-order valence-electron chi connectivity index (χ0n) is 10.4. The van der Waals surface area contributed by atoms with Crippen LogP contribution in [-0.4, -0.2) is 18.0 Å². The van der Waals surface area contributed by atoms with E-state index in [1.54, 1.807) is 6.07 Å². The van der Waals surface area contributed by atoms with Gasteiger partial charge in [0.1, 0.15) is 5.82 Å². The number of nitrogens with zero attached hydrogens (tertiary/aromatic N) is 1. The van der Waals surface area contributed by atoms with E-state index in [9.17, 15) is 4.39 Å². The smallest absolute Gasteiger partial charge is 0.124 e. The molecule has 94 valence electrons. The second kappa shape index (κ2) is 5.49. The molecule has 1 aromatic carbocycles. The highest BCUT2D eigenvalue weighted by atomic mass is 79.9. The Bertz CT molecular complexity index is 392. The fraction of sp³-hybridized carbons (Fsp3) is 0.571. The Morgan fingerprint density at radius 3 is 2.82 bits per heavy atom. The molecule has 0 radical (unpaired) electrons. The van der Waals surface area contributed by atoms with Crippen LogP contribution in [-0.2, 0) is 6.54 Å². The van der Waals surface area contributed by atoms with E-state index in [1.807, 2.05) is 6.07 Å². The maximum absolute atomic E-state index is 13.0. The van der Waals surface area contributed by atoms with Gasteiger partial charge in [-0.2, -0.15) is 0 Å². The topological polar surface area (TPSA) is 3.24 Å². The summed E-state index contributed by atoms with van der Waals surface area (Å²) in [6.07, 6.45) is 1.29. The van der Waals surface area contributed by atoms with Crippen LogP contribution in [0.5, 0.6) is 0 Å². The van der Waals surface area contributed by atoms with Crippen molar-refractivity contribution in [1.29, 1.82) is 0 Å². The lowest BCUT2D eigenvalue weighted by atomic mass is 9.95. The molecule has 3 heteroatoms. The third-order valence-electron chi connectivity index (χ3n) is 3.66. The largest absolute Gasteiger partial charge is 0.299 e. The van der Waals surface area contributed by atoms with Gasteiger partial charge in [0.25, 0.3) is 0 Å². The van der Waals surface area contributed by atoms with Crippen molar-refractivity contribution in [2.24, 2.45) is 11.8 Å². The first-order valence-electron chi connectivity index (χ1n) is 6.22. The van der Waals surface area contributed by atoms with Crippen molar-refractivity contribution in [2.45, 2.75) is 26.8 Å². The van der Waals surface area contributed by atoms with Gasteiger partial charge in [-0.1, -0.05) is 35.8 Å². The van der Waals surface area contributed by atoms with Crippen LogP contribution in [0, 0.1) is 17.7 Å². The third-order valence-corrected chi connectivity index (χ3v) is 4.40. The molecule has 0 aromatic heterocycles. The first-order chi connectivity index (χ1) is 8.06. The van der Waals surface area contributed by atoms with Gasteiger partial charge in [-0.15, -0.1) is 0 Å². The fourth-order valence-electron chi connectivity index (χ4n) is 2.44. The van der Waals surface area contributed by atoms with Crippen LogP contribution in [0.25, 0.3) is 0 Å². The summed E-state index contributed by atoms with van der Waals surface area (Å²) in [5.74, 6) is 1.40. The molecule has 0 bridgehead atoms. The summed E-state index contributed by atoms with van der Waals surface area (Å²) in [5, 5.41) is 0. The number of rotatable bonds is 3. The summed E-state index contributed by atoms with van der Waals surface area (Å²) in [4.78, 5) is 2.46. The summed E-state index contributed by atoms with van der Waals surface area (Å²) in [6.45, 7) is 7.84. The standard InChI is InChI=1S/C14H19BrFN/c1-10(2)11-5-6-17(8-11)9-12-3-4-13(16)7-14(12)15/h3-4,7,10-11H,5-6,8-9H2,1-2H3. The van der Waals surface area contributed by atoms with Crippen LogP contribution in [0.15, 0.2) is 22.7 Å². The molecule has 0 aliphatic carbocycles. The Morgan fingerprint density at radius 1 is 1.47 bits per heavy atom. The van der Waals surface area contributed by atoms with Crippen LogP contribution in [0.1, 0.15) is 25.8 Å². The maximum atomic E-state index is 13.0. The predicted octanol–water partition coefficient (Wildman–Crippen LogP) is 4.07. The minimum atomic E-state index is -0.179. The molecule has 1 unspecified atom stereocenters. The zero-order chi connectivity index (χ0) is 12.4. The van der Waals surface area contributed by atoms with Crippen molar-refractivity contribution in [3.63, 3.8) is 0 Å². The van der Waals surface area contributed by atoms with Crippen molar-refractivity contribution in [3.05, 3.63) is 34.1 Å². The molecule has 0 spiro atoms. The SMILES string of the molecule is CC(C)C1CCN(Cc2ccc(F)cc2Br)C1. The summed E-state index contributed by atoms with van der Waals surface area (Å²) >= 11 is 3.43. The summed E-state index contributed by atoms with van der Waals surface area (Å²) in [7, 11) is 0. The van der Waals surface area contributed by atoms with Crippen molar-refractivity contribution >= 4 is 15.9 Å². The molecule has 1 aliphatic heterocycles. The van der Waals surface area contributed by atoms with Crippen molar-refractivity contribution in [3.8, 4) is 0 Å². The normalized spacial score (nSPS) is 21.4. The third kappa shape index (κ3) is 3.29. The molecule has 2 rings (SSSR count). The zero-order valence-corrected chi connectivity index (χ0v) is 12.0. The van der Waals surface area contributed by atoms with Gasteiger partial charge in [0.05, 0.1) is 0 Å². The van der Waals surface area contributed by atoms with Gasteiger partial charge >= 0.3 is 0 Å². The molecule has 1 saturated heterocycles. The van der Waals surface area contributed by atoms with E-state index in [1.165, 1.54) is 24.6 Å². The van der Waals surface area contributed by atoms with Crippen LogP contribution in [0.3, 0.4) is 0 Å². The minimum absolute atomic E-state index is 0.179. The molecule has 1 fully saturated rings. The maximum Gasteiger partial charge on any atom is 0.124 e. The van der Waals surface area contributed by atoms with Gasteiger partial charge in [0.2, 0.25) is 0 Å². The Kier molecular flexibility index (Phi) is 4.21. The van der Waals surface area contributed by atoms with Gasteiger partial charge < -0.3 is 0 Å². The fourth-order valence-corrected chi connectivity index (χ4v) is 2.92. The molecule has 0 amide bonds. The number of benzene rings is 1. The highest BCUT2D eigenvalue weighted by Gasteiger charge is 2.24. The first-order valence-corrected chi connectivity index (χ1v) is 7.02. The van der Waals surface area contributed by atoms with E-state index in [0.717, 1.165) is 29.4 Å². The van der Waals surface area contributed by atoms with Crippen LogP contribution >= 0.6 is 15.9 Å². The minimum Gasteiger partial charge on any atom is -0.299 e. The number of hydrogen-bond acceptors (Lipinski definition) is 1. The molecular weight excluding hydrogens is 281 g/mol. The number of halogens is 2. The second-order valence-electron chi connectivity index (χ2n) is 5.26. The van der Waals surface area contributed by atoms with Crippen LogP contribution in [0.4, 0.5) is 4.39 Å². The number of hydrogen-bond donors (Lipinski definition) is 0. The van der Waals surface area contributed by atoms with E-state index < -0.39 is 0 Å². The lowest BCUT2D eigenvalue weighted by Crippen LogP contribution is -2.21. The summed E-state index contributed by atoms with van der Waals surface area (Å²) in [5.41, 5.74) is 1.18. The molecular formula is C14H19BrFN. The molecule has 1 heterocycles. The average molecular weight is 300 g/mol. The van der Waals surface area contributed by atoms with Gasteiger partial charge in [-0.05, 0) is 42.5 Å². The lowest BCUT2D eigenvalue weighted by Gasteiger charge is -2.18. The Labute approximate surface area is 111 Å². The average Bonchev–Trinajstić information content (AvgIpc) is 2.71. The van der Waals surface area contributed by atoms with E-state index in [4.69, 9.17) is 0 Å². The van der Waals surface area contributed by atoms with Gasteiger partial charge in [-0.25, -0.2) is 4.39 Å². The molecule has 17 heavy (non-hydrogen) atoms. The number of likely N-dealkylation sites (tertiary alicyclic amines) is 1.